The van der Waals surface area contributed by atoms with Crippen LogP contribution in [0.2, 0.25) is 0 Å². The van der Waals surface area contributed by atoms with E-state index >= 15 is 0 Å². The Morgan fingerprint density at radius 2 is 0.596 bits per heavy atom. The van der Waals surface area contributed by atoms with E-state index in [-0.39, 0.29) is 55.7 Å². The zero-order valence-electron chi connectivity index (χ0n) is 25.2. The highest BCUT2D eigenvalue weighted by Crippen LogP contribution is 2.54. The normalized spacial score (nSPS) is 11.9. The third-order valence-electron chi connectivity index (χ3n) is 8.80. The molecule has 0 radical (unpaired) electrons. The molecule has 0 aromatic heterocycles. The topological polar surface area (TPSA) is 95.2 Å². The fourth-order valence-corrected chi connectivity index (χ4v) is 6.56. The lowest BCUT2D eigenvalue weighted by molar-refractivity contribution is 0.381. The summed E-state index contributed by atoms with van der Waals surface area (Å²) in [5.41, 5.74) is -3.75. The van der Waals surface area contributed by atoms with Crippen LogP contribution in [0.15, 0.2) is 59.7 Å². The molecule has 0 bridgehead atoms. The van der Waals surface area contributed by atoms with Gasteiger partial charge in [-0.1, -0.05) is 24.3 Å². The Morgan fingerprint density at radius 1 is 0.327 bits per heavy atom. The van der Waals surface area contributed by atoms with E-state index < -0.39 is 91.6 Å². The molecule has 52 heavy (non-hydrogen) atoms. The first kappa shape index (κ1) is 33.3. The first-order valence-corrected chi connectivity index (χ1v) is 14.4. The van der Waals surface area contributed by atoms with Crippen LogP contribution in [0.3, 0.4) is 0 Å². The lowest BCUT2D eigenvalue weighted by atomic mass is 9.93. The Bertz CT molecular complexity index is 2510. The zero-order valence-corrected chi connectivity index (χ0v) is 25.2. The molecule has 5 aromatic carbocycles. The molecule has 0 saturated carbocycles. The van der Waals surface area contributed by atoms with Crippen molar-refractivity contribution in [3.63, 3.8) is 0 Å². The molecule has 0 N–H and O–H groups in total. The summed E-state index contributed by atoms with van der Waals surface area (Å²) in [4.78, 5) is 0. The number of allylic oxidation sites excluding steroid dienone is 2. The summed E-state index contributed by atoms with van der Waals surface area (Å²) in [5.74, 6) is -22.1. The molecule has 250 valence electrons. The minimum Gasteiger partial charge on any atom is -0.203 e. The van der Waals surface area contributed by atoms with Crippen LogP contribution >= 0.6 is 0 Å². The Kier molecular flexibility index (Phi) is 7.52. The second kappa shape index (κ2) is 11.7. The van der Waals surface area contributed by atoms with Crippen molar-refractivity contribution in [2.45, 2.75) is 0 Å². The maximum Gasteiger partial charge on any atom is 0.200 e. The lowest BCUT2D eigenvalue weighted by Crippen LogP contribution is -2.04. The van der Waals surface area contributed by atoms with E-state index in [4.69, 9.17) is 0 Å². The van der Waals surface area contributed by atoms with Crippen molar-refractivity contribution in [3.05, 3.63) is 140 Å². The fourth-order valence-electron chi connectivity index (χ4n) is 6.56. The van der Waals surface area contributed by atoms with Gasteiger partial charge in [0.25, 0.3) is 0 Å². The third kappa shape index (κ3) is 4.38. The minimum absolute atomic E-state index is 0.0218. The molecule has 2 aliphatic carbocycles. The SMILES string of the molecule is N#CC(C#N)=C1c2cc(-c3c(F)c(F)c(F)c(F)c3F)ccc2-c2cc3c(cc21)-c1ccc(-c2c(F)c(F)c(F)c(F)c2F)cc1C3=C(C#N)C#N. The largest absolute Gasteiger partial charge is 0.203 e. The highest BCUT2D eigenvalue weighted by molar-refractivity contribution is 6.11. The van der Waals surface area contributed by atoms with Gasteiger partial charge in [0, 0.05) is 11.1 Å². The predicted molar refractivity (Wildman–Crippen MR) is 162 cm³/mol. The van der Waals surface area contributed by atoms with E-state index in [2.05, 4.69) is 0 Å². The highest BCUT2D eigenvalue weighted by Gasteiger charge is 2.36. The van der Waals surface area contributed by atoms with Gasteiger partial charge in [-0.05, 0) is 79.9 Å². The Morgan fingerprint density at radius 3 is 0.885 bits per heavy atom. The second-order valence-electron chi connectivity index (χ2n) is 11.3. The molecule has 0 heterocycles. The average Bonchev–Trinajstić information content (AvgIpc) is 3.63. The summed E-state index contributed by atoms with van der Waals surface area (Å²) in [6.07, 6.45) is 0. The van der Waals surface area contributed by atoms with E-state index in [0.717, 1.165) is 24.3 Å². The highest BCUT2D eigenvalue weighted by atomic mass is 19.2. The molecule has 14 heteroatoms. The summed E-state index contributed by atoms with van der Waals surface area (Å²) < 4.78 is 143. The van der Waals surface area contributed by atoms with E-state index in [1.807, 2.05) is 0 Å². The number of rotatable bonds is 2. The monoisotopic (exact) mass is 710 g/mol. The minimum atomic E-state index is -2.38. The molecule has 0 atom stereocenters. The van der Waals surface area contributed by atoms with Crippen molar-refractivity contribution in [1.82, 2.24) is 0 Å². The first-order chi connectivity index (χ1) is 24.8. The van der Waals surface area contributed by atoms with Gasteiger partial charge < -0.3 is 0 Å². The van der Waals surface area contributed by atoms with Crippen LogP contribution in [0.1, 0.15) is 22.3 Å². The number of halogens is 10. The molecular formula is C38H8F10N4. The van der Waals surface area contributed by atoms with Crippen molar-refractivity contribution in [1.29, 1.82) is 21.0 Å². The molecule has 0 aliphatic heterocycles. The number of fused-ring (bicyclic) bond motifs is 6. The number of benzene rings is 5. The molecule has 0 spiro atoms. The summed E-state index contributed by atoms with van der Waals surface area (Å²) in [5, 5.41) is 39.5. The van der Waals surface area contributed by atoms with Gasteiger partial charge in [-0.25, -0.2) is 43.9 Å². The fraction of sp³-hybridized carbons (Fsp3) is 0. The second-order valence-corrected chi connectivity index (χ2v) is 11.3. The molecule has 0 unspecified atom stereocenters. The van der Waals surface area contributed by atoms with Crippen LogP contribution in [-0.4, -0.2) is 0 Å². The first-order valence-electron chi connectivity index (χ1n) is 14.4. The molecule has 0 saturated heterocycles. The molecule has 0 amide bonds. The number of nitrogens with zero attached hydrogens (tertiary/aromatic N) is 4. The average molecular weight is 710 g/mol. The van der Waals surface area contributed by atoms with Gasteiger partial charge in [0.15, 0.2) is 46.5 Å². The van der Waals surface area contributed by atoms with Gasteiger partial charge in [-0.3, -0.25) is 0 Å². The molecule has 7 rings (SSSR count). The van der Waals surface area contributed by atoms with E-state index in [1.165, 1.54) is 24.3 Å². The van der Waals surface area contributed by atoms with Gasteiger partial charge >= 0.3 is 0 Å². The van der Waals surface area contributed by atoms with Crippen molar-refractivity contribution in [3.8, 4) is 68.8 Å². The summed E-state index contributed by atoms with van der Waals surface area (Å²) in [6, 6.07) is 16.3. The Hall–Kier alpha value is -7.16. The van der Waals surface area contributed by atoms with Crippen molar-refractivity contribution >= 4 is 11.1 Å². The standard InChI is InChI=1S/C38H8F10N4/c39-29-27(30(40)34(44)37(47)33(29)43)13-1-3-17-19-7-24-20(8-23(19)25(21(17)5-13)15(9-49)10-50)18-4-2-14(6-22(18)26(24)16(11-51)12-52)28-31(41)35(45)38(48)36(46)32(28)42/h1-8H. The maximum absolute atomic E-state index is 14.8. The predicted octanol–water partition coefficient (Wildman–Crippen LogP) is 10.1. The van der Waals surface area contributed by atoms with Gasteiger partial charge in [-0.15, -0.1) is 0 Å². The summed E-state index contributed by atoms with van der Waals surface area (Å²) in [6.45, 7) is 0. The smallest absolute Gasteiger partial charge is 0.200 e. The number of hydrogen-bond acceptors (Lipinski definition) is 4. The van der Waals surface area contributed by atoms with Crippen LogP contribution in [0.4, 0.5) is 43.9 Å². The summed E-state index contributed by atoms with van der Waals surface area (Å²) >= 11 is 0. The van der Waals surface area contributed by atoms with Gasteiger partial charge in [0.1, 0.15) is 35.4 Å². The summed E-state index contributed by atoms with van der Waals surface area (Å²) in [7, 11) is 0. The van der Waals surface area contributed by atoms with Crippen molar-refractivity contribution in [2.24, 2.45) is 0 Å². The molecule has 5 aromatic rings. The van der Waals surface area contributed by atoms with Crippen LogP contribution in [0.25, 0.3) is 55.7 Å². The molecule has 0 fully saturated rings. The van der Waals surface area contributed by atoms with Gasteiger partial charge in [0.2, 0.25) is 11.6 Å². The quantitative estimate of drug-likeness (QED) is 0.0773. The number of hydrogen-bond donors (Lipinski definition) is 0. The Labute approximate surface area is 284 Å². The molecule has 4 nitrogen and oxygen atoms in total. The zero-order chi connectivity index (χ0) is 37.5. The van der Waals surface area contributed by atoms with E-state index in [1.54, 1.807) is 24.3 Å². The van der Waals surface area contributed by atoms with Gasteiger partial charge in [0.05, 0.1) is 11.1 Å². The van der Waals surface area contributed by atoms with E-state index in [9.17, 15) is 65.0 Å². The van der Waals surface area contributed by atoms with Crippen LogP contribution in [0, 0.1) is 103 Å². The number of nitriles is 4. The van der Waals surface area contributed by atoms with Crippen molar-refractivity contribution < 1.29 is 43.9 Å². The Balaban J connectivity index is 1.50. The lowest BCUT2D eigenvalue weighted by Gasteiger charge is -2.11. The third-order valence-corrected chi connectivity index (χ3v) is 8.80. The maximum atomic E-state index is 14.8. The molecular weight excluding hydrogens is 702 g/mol. The van der Waals surface area contributed by atoms with Crippen LogP contribution in [0.5, 0.6) is 0 Å². The van der Waals surface area contributed by atoms with Gasteiger partial charge in [-0.2, -0.15) is 21.0 Å². The van der Waals surface area contributed by atoms with E-state index in [0.29, 0.717) is 0 Å². The van der Waals surface area contributed by atoms with Crippen LogP contribution < -0.4 is 0 Å². The molecule has 2 aliphatic rings. The van der Waals surface area contributed by atoms with Crippen molar-refractivity contribution in [2.75, 3.05) is 0 Å². The van der Waals surface area contributed by atoms with Crippen LogP contribution in [-0.2, 0) is 0 Å².